The van der Waals surface area contributed by atoms with Gasteiger partial charge >= 0.3 is 5.97 Å². The highest BCUT2D eigenvalue weighted by molar-refractivity contribution is 5.98. The highest BCUT2D eigenvalue weighted by Gasteiger charge is 2.47. The van der Waals surface area contributed by atoms with E-state index < -0.39 is 0 Å². The lowest BCUT2D eigenvalue weighted by molar-refractivity contribution is -0.148. The molecule has 1 aliphatic heterocycles. The summed E-state index contributed by atoms with van der Waals surface area (Å²) in [6.07, 6.45) is 19.9. The average Bonchev–Trinajstić information content (AvgIpc) is 3.32. The van der Waals surface area contributed by atoms with Crippen LogP contribution in [0.2, 0.25) is 0 Å². The van der Waals surface area contributed by atoms with Crippen LogP contribution in [0, 0.1) is 35.5 Å². The molecule has 7 atom stereocenters. The third-order valence-corrected chi connectivity index (χ3v) is 7.74. The smallest absolute Gasteiger partial charge is 0.307 e. The van der Waals surface area contributed by atoms with Crippen LogP contribution in [0.3, 0.4) is 0 Å². The second-order valence-corrected chi connectivity index (χ2v) is 9.65. The molecule has 0 bridgehead atoms. The fourth-order valence-electron chi connectivity index (χ4n) is 6.20. The molecule has 2 fully saturated rings. The number of allylic oxidation sites excluding steroid dienone is 5. The van der Waals surface area contributed by atoms with Crippen LogP contribution in [0.15, 0.2) is 36.0 Å². The molecule has 4 aliphatic rings. The van der Waals surface area contributed by atoms with Crippen molar-refractivity contribution in [3.8, 4) is 0 Å². The lowest BCUT2D eigenvalue weighted by atomic mass is 9.70. The average molecular weight is 397 g/mol. The van der Waals surface area contributed by atoms with Crippen molar-refractivity contribution in [2.75, 3.05) is 0 Å². The molecule has 3 aliphatic carbocycles. The molecule has 4 unspecified atom stereocenters. The van der Waals surface area contributed by atoms with Gasteiger partial charge in [0.15, 0.2) is 5.78 Å². The minimum absolute atomic E-state index is 0.00418. The van der Waals surface area contributed by atoms with Crippen molar-refractivity contribution in [2.45, 2.75) is 77.7 Å². The van der Waals surface area contributed by atoms with Gasteiger partial charge in [-0.25, -0.2) is 0 Å². The second-order valence-electron chi connectivity index (χ2n) is 9.65. The Kier molecular flexibility index (Phi) is 6.41. The first-order valence-electron chi connectivity index (χ1n) is 11.9. The molecule has 1 saturated carbocycles. The lowest BCUT2D eigenvalue weighted by Crippen LogP contribution is -2.31. The van der Waals surface area contributed by atoms with Gasteiger partial charge < -0.3 is 4.74 Å². The van der Waals surface area contributed by atoms with Crippen molar-refractivity contribution >= 4 is 11.8 Å². The SMILES string of the molecule is CC/C=C/[C@H]1CCCC[C@@H](C)C(=O)C2=CC3C(C=CC4CCC[C@@H]43)C2CC(=O)O1. The van der Waals surface area contributed by atoms with E-state index in [0.717, 1.165) is 37.7 Å². The van der Waals surface area contributed by atoms with Crippen LogP contribution in [0.25, 0.3) is 0 Å². The van der Waals surface area contributed by atoms with Gasteiger partial charge in [-0.2, -0.15) is 0 Å². The Bertz CT molecular complexity index is 715. The molecule has 3 nitrogen and oxygen atoms in total. The molecular formula is C26H36O3. The highest BCUT2D eigenvalue weighted by Crippen LogP contribution is 2.53. The molecule has 0 aromatic carbocycles. The summed E-state index contributed by atoms with van der Waals surface area (Å²) in [6.45, 7) is 4.18. The summed E-state index contributed by atoms with van der Waals surface area (Å²) in [4.78, 5) is 26.2. The van der Waals surface area contributed by atoms with E-state index in [2.05, 4.69) is 44.2 Å². The van der Waals surface area contributed by atoms with Crippen molar-refractivity contribution < 1.29 is 14.3 Å². The predicted molar refractivity (Wildman–Crippen MR) is 115 cm³/mol. The third kappa shape index (κ3) is 4.29. The summed E-state index contributed by atoms with van der Waals surface area (Å²) in [6, 6.07) is 0. The minimum atomic E-state index is -0.143. The highest BCUT2D eigenvalue weighted by atomic mass is 16.5. The molecule has 0 spiro atoms. The number of hydrogen-bond acceptors (Lipinski definition) is 3. The molecule has 4 rings (SSSR count). The standard InChI is InChI=1S/C26H36O3/c1-3-4-10-19-11-6-5-8-17(2)26(28)24-15-22-20-12-7-9-18(20)13-14-21(22)23(24)16-25(27)29-19/h4,10,13-15,17-23H,3,5-9,11-12,16H2,1-2H3/b10-4+/t17-,18?,19+,20+,21?,22?,23?/m1/s1. The van der Waals surface area contributed by atoms with Crippen LogP contribution in [0.5, 0.6) is 0 Å². The largest absolute Gasteiger partial charge is 0.458 e. The van der Waals surface area contributed by atoms with Crippen molar-refractivity contribution in [2.24, 2.45) is 35.5 Å². The van der Waals surface area contributed by atoms with E-state index in [9.17, 15) is 9.59 Å². The quantitative estimate of drug-likeness (QED) is 0.437. The summed E-state index contributed by atoms with van der Waals surface area (Å²) < 4.78 is 5.87. The fraction of sp³-hybridized carbons (Fsp3) is 0.692. The molecular weight excluding hydrogens is 360 g/mol. The molecule has 0 aromatic rings. The number of ketones is 1. The number of carbonyl (C=O) groups is 2. The summed E-state index contributed by atoms with van der Waals surface area (Å²) >= 11 is 0. The van der Waals surface area contributed by atoms with E-state index >= 15 is 0 Å². The number of hydrogen-bond donors (Lipinski definition) is 0. The van der Waals surface area contributed by atoms with Crippen LogP contribution < -0.4 is 0 Å². The zero-order valence-electron chi connectivity index (χ0n) is 18.0. The zero-order valence-corrected chi connectivity index (χ0v) is 18.0. The van der Waals surface area contributed by atoms with Crippen LogP contribution in [0.1, 0.15) is 71.6 Å². The fourth-order valence-corrected chi connectivity index (χ4v) is 6.20. The molecule has 29 heavy (non-hydrogen) atoms. The summed E-state index contributed by atoms with van der Waals surface area (Å²) in [7, 11) is 0. The Hall–Kier alpha value is -1.64. The molecule has 1 heterocycles. The molecule has 0 amide bonds. The molecule has 0 N–H and O–H groups in total. The van der Waals surface area contributed by atoms with Crippen LogP contribution in [-0.2, 0) is 14.3 Å². The van der Waals surface area contributed by atoms with Gasteiger partial charge in [0, 0.05) is 11.8 Å². The Morgan fingerprint density at radius 2 is 1.86 bits per heavy atom. The number of rotatable bonds is 2. The van der Waals surface area contributed by atoms with Crippen LogP contribution in [-0.4, -0.2) is 17.9 Å². The van der Waals surface area contributed by atoms with Crippen LogP contribution in [0.4, 0.5) is 0 Å². The van der Waals surface area contributed by atoms with Gasteiger partial charge in [-0.3, -0.25) is 9.59 Å². The van der Waals surface area contributed by atoms with Crippen molar-refractivity contribution in [3.05, 3.63) is 36.0 Å². The number of esters is 1. The minimum Gasteiger partial charge on any atom is -0.458 e. The van der Waals surface area contributed by atoms with E-state index in [0.29, 0.717) is 30.1 Å². The predicted octanol–water partition coefficient (Wildman–Crippen LogP) is 5.81. The Balaban J connectivity index is 1.60. The van der Waals surface area contributed by atoms with Gasteiger partial charge in [0.05, 0.1) is 6.42 Å². The number of carbonyl (C=O) groups excluding carboxylic acids is 2. The van der Waals surface area contributed by atoms with Gasteiger partial charge in [0.2, 0.25) is 0 Å². The summed E-state index contributed by atoms with van der Waals surface area (Å²) in [5.41, 5.74) is 0.933. The second kappa shape index (κ2) is 9.02. The summed E-state index contributed by atoms with van der Waals surface area (Å²) in [5.74, 6) is 2.22. The van der Waals surface area contributed by atoms with Crippen molar-refractivity contribution in [1.82, 2.24) is 0 Å². The first kappa shape index (κ1) is 20.6. The van der Waals surface area contributed by atoms with Crippen molar-refractivity contribution in [1.29, 1.82) is 0 Å². The Labute approximate surface area is 175 Å². The monoisotopic (exact) mass is 396 g/mol. The molecule has 158 valence electrons. The molecule has 0 aromatic heterocycles. The number of ether oxygens (including phenoxy) is 1. The van der Waals surface area contributed by atoms with E-state index in [1.165, 1.54) is 19.3 Å². The maximum atomic E-state index is 13.3. The Morgan fingerprint density at radius 1 is 1.03 bits per heavy atom. The van der Waals surface area contributed by atoms with E-state index in [-0.39, 0.29) is 29.7 Å². The Morgan fingerprint density at radius 3 is 2.69 bits per heavy atom. The topological polar surface area (TPSA) is 43.4 Å². The number of cyclic esters (lactones) is 1. The van der Waals surface area contributed by atoms with E-state index in [1.807, 2.05) is 0 Å². The summed E-state index contributed by atoms with van der Waals surface area (Å²) in [5, 5.41) is 0. The third-order valence-electron chi connectivity index (χ3n) is 7.74. The van der Waals surface area contributed by atoms with Gasteiger partial charge in [0.1, 0.15) is 6.10 Å². The van der Waals surface area contributed by atoms with Crippen molar-refractivity contribution in [3.63, 3.8) is 0 Å². The van der Waals surface area contributed by atoms with E-state index in [4.69, 9.17) is 4.74 Å². The normalized spacial score (nSPS) is 40.5. The number of fused-ring (bicyclic) bond motifs is 5. The van der Waals surface area contributed by atoms with Crippen LogP contribution >= 0.6 is 0 Å². The van der Waals surface area contributed by atoms with Gasteiger partial charge in [-0.1, -0.05) is 51.0 Å². The van der Waals surface area contributed by atoms with Gasteiger partial charge in [0.25, 0.3) is 0 Å². The molecule has 1 saturated heterocycles. The van der Waals surface area contributed by atoms with E-state index in [1.54, 1.807) is 0 Å². The zero-order chi connectivity index (χ0) is 20.4. The first-order chi connectivity index (χ1) is 14.1. The molecule has 0 radical (unpaired) electrons. The molecule has 3 heteroatoms. The maximum absolute atomic E-state index is 13.3. The van der Waals surface area contributed by atoms with Gasteiger partial charge in [-0.05, 0) is 73.8 Å². The maximum Gasteiger partial charge on any atom is 0.307 e. The number of Topliss-reactive ketones (excluding diaryl/α,β-unsaturated/α-hetero) is 1. The van der Waals surface area contributed by atoms with Gasteiger partial charge in [-0.15, -0.1) is 0 Å². The first-order valence-corrected chi connectivity index (χ1v) is 11.9. The lowest BCUT2D eigenvalue weighted by Gasteiger charge is -2.34.